The van der Waals surface area contributed by atoms with Gasteiger partial charge in [0, 0.05) is 69.0 Å². The third-order valence-corrected chi connectivity index (χ3v) is 7.78. The summed E-state index contributed by atoms with van der Waals surface area (Å²) in [6, 6.07) is 10.4. The number of anilines is 3. The van der Waals surface area contributed by atoms with Crippen LogP contribution in [0.2, 0.25) is 0 Å². The standard InChI is InChI=1S/C32H44N8O4/c1-38(2)15-17-43-27-9-7-8-26(39(3)4)24(27)21-40-13-10-22(11-14-40)35-31-23-18-28(41-5)29(42-6)19-25(23)36-32(37-31)34-20-30-33-12-16-44-30/h7-9,12,16,18-19,22H,10-11,13-15,17,20-21H2,1-6H3,(H2,34,35,36,37). The third-order valence-electron chi connectivity index (χ3n) is 7.78. The fourth-order valence-corrected chi connectivity index (χ4v) is 5.40. The molecule has 12 nitrogen and oxygen atoms in total. The molecule has 0 saturated carbocycles. The van der Waals surface area contributed by atoms with Crippen molar-refractivity contribution in [3.8, 4) is 17.2 Å². The van der Waals surface area contributed by atoms with Crippen LogP contribution >= 0.6 is 0 Å². The van der Waals surface area contributed by atoms with Crippen LogP contribution in [0.1, 0.15) is 24.3 Å². The molecule has 5 rings (SSSR count). The monoisotopic (exact) mass is 604 g/mol. The second-order valence-corrected chi connectivity index (χ2v) is 11.4. The summed E-state index contributed by atoms with van der Waals surface area (Å²) in [5.74, 6) is 3.98. The van der Waals surface area contributed by atoms with Crippen molar-refractivity contribution in [3.05, 3.63) is 54.2 Å². The Morgan fingerprint density at radius 1 is 1.00 bits per heavy atom. The maximum atomic E-state index is 6.25. The van der Waals surface area contributed by atoms with Crippen LogP contribution in [0.15, 0.2) is 47.2 Å². The van der Waals surface area contributed by atoms with Gasteiger partial charge in [-0.2, -0.15) is 4.98 Å². The number of hydrogen-bond acceptors (Lipinski definition) is 12. The van der Waals surface area contributed by atoms with Crippen molar-refractivity contribution in [1.29, 1.82) is 0 Å². The number of fused-ring (bicyclic) bond motifs is 1. The average Bonchev–Trinajstić information content (AvgIpc) is 3.54. The Morgan fingerprint density at radius 3 is 2.45 bits per heavy atom. The number of benzene rings is 2. The zero-order chi connectivity index (χ0) is 31.1. The topological polar surface area (TPSA) is 113 Å². The normalized spacial score (nSPS) is 14.2. The second-order valence-electron chi connectivity index (χ2n) is 11.4. The van der Waals surface area contributed by atoms with Gasteiger partial charge in [-0.15, -0.1) is 0 Å². The molecule has 0 bridgehead atoms. The van der Waals surface area contributed by atoms with E-state index >= 15 is 0 Å². The van der Waals surface area contributed by atoms with E-state index in [1.54, 1.807) is 26.7 Å². The van der Waals surface area contributed by atoms with Gasteiger partial charge in [-0.25, -0.2) is 9.97 Å². The fraction of sp³-hybridized carbons (Fsp3) is 0.469. The van der Waals surface area contributed by atoms with E-state index in [-0.39, 0.29) is 6.04 Å². The fourth-order valence-electron chi connectivity index (χ4n) is 5.40. The Bertz CT molecular complexity index is 1500. The molecule has 0 unspecified atom stereocenters. The van der Waals surface area contributed by atoms with Crippen LogP contribution in [0, 0.1) is 0 Å². The molecule has 0 aliphatic carbocycles. The molecular weight excluding hydrogens is 560 g/mol. The van der Waals surface area contributed by atoms with Crippen LogP contribution in [-0.2, 0) is 13.1 Å². The summed E-state index contributed by atoms with van der Waals surface area (Å²) in [6.45, 7) is 4.63. The maximum absolute atomic E-state index is 6.25. The lowest BCUT2D eigenvalue weighted by atomic mass is 10.0. The molecule has 2 aromatic carbocycles. The number of likely N-dealkylation sites (tertiary alicyclic amines) is 1. The first-order valence-corrected chi connectivity index (χ1v) is 15.0. The Hall–Kier alpha value is -4.29. The highest BCUT2D eigenvalue weighted by Crippen LogP contribution is 2.36. The Morgan fingerprint density at radius 2 is 1.77 bits per heavy atom. The zero-order valence-corrected chi connectivity index (χ0v) is 26.6. The molecule has 2 N–H and O–H groups in total. The van der Waals surface area contributed by atoms with Gasteiger partial charge in [0.15, 0.2) is 11.5 Å². The van der Waals surface area contributed by atoms with Gasteiger partial charge in [-0.1, -0.05) is 6.07 Å². The van der Waals surface area contributed by atoms with Gasteiger partial charge in [0.2, 0.25) is 11.8 Å². The predicted octanol–water partition coefficient (Wildman–Crippen LogP) is 4.33. The molecular formula is C32H44N8O4. The van der Waals surface area contributed by atoms with Gasteiger partial charge >= 0.3 is 0 Å². The molecule has 1 aliphatic heterocycles. The van der Waals surface area contributed by atoms with Crippen molar-refractivity contribution in [1.82, 2.24) is 24.8 Å². The molecule has 0 radical (unpaired) electrons. The number of methoxy groups -OCH3 is 2. The summed E-state index contributed by atoms with van der Waals surface area (Å²) < 4.78 is 22.8. The highest BCUT2D eigenvalue weighted by atomic mass is 16.5. The molecule has 44 heavy (non-hydrogen) atoms. The molecule has 12 heteroatoms. The lowest BCUT2D eigenvalue weighted by Crippen LogP contribution is -2.39. The number of ether oxygens (including phenoxy) is 3. The maximum Gasteiger partial charge on any atom is 0.225 e. The first kappa shape index (κ1) is 31.1. The van der Waals surface area contributed by atoms with Gasteiger partial charge in [0.1, 0.15) is 24.4 Å². The Balaban J connectivity index is 1.31. The van der Waals surface area contributed by atoms with E-state index in [9.17, 15) is 0 Å². The van der Waals surface area contributed by atoms with E-state index in [0.717, 1.165) is 61.5 Å². The summed E-state index contributed by atoms with van der Waals surface area (Å²) in [5.41, 5.74) is 3.16. The molecule has 1 aliphatic rings. The molecule has 4 aromatic rings. The molecule has 0 amide bonds. The lowest BCUT2D eigenvalue weighted by molar-refractivity contribution is 0.205. The number of likely N-dealkylation sites (N-methyl/N-ethyl adjacent to an activating group) is 1. The molecule has 1 saturated heterocycles. The van der Waals surface area contributed by atoms with Crippen LogP contribution in [-0.4, -0.2) is 99.4 Å². The highest BCUT2D eigenvalue weighted by Gasteiger charge is 2.24. The zero-order valence-electron chi connectivity index (χ0n) is 26.6. The van der Waals surface area contributed by atoms with Crippen molar-refractivity contribution >= 4 is 28.4 Å². The SMILES string of the molecule is COc1cc2nc(NCc3ncco3)nc(NC3CCN(Cc4c(OCCN(C)C)cccc4N(C)C)CC3)c2cc1OC. The molecule has 0 spiro atoms. The van der Waals surface area contributed by atoms with E-state index in [1.165, 1.54) is 11.3 Å². The van der Waals surface area contributed by atoms with Crippen LogP contribution in [0.3, 0.4) is 0 Å². The van der Waals surface area contributed by atoms with E-state index in [4.69, 9.17) is 28.6 Å². The van der Waals surface area contributed by atoms with Crippen LogP contribution in [0.4, 0.5) is 17.5 Å². The van der Waals surface area contributed by atoms with Crippen molar-refractivity contribution in [2.45, 2.75) is 32.0 Å². The van der Waals surface area contributed by atoms with Crippen LogP contribution < -0.4 is 29.7 Å². The smallest absolute Gasteiger partial charge is 0.225 e. The van der Waals surface area contributed by atoms with Gasteiger partial charge in [-0.3, -0.25) is 4.90 Å². The quantitative estimate of drug-likeness (QED) is 0.214. The van der Waals surface area contributed by atoms with Crippen molar-refractivity contribution in [2.75, 3.05) is 84.2 Å². The number of aromatic nitrogens is 3. The summed E-state index contributed by atoms with van der Waals surface area (Å²) in [7, 11) is 11.5. The summed E-state index contributed by atoms with van der Waals surface area (Å²) in [4.78, 5) is 20.6. The number of rotatable bonds is 14. The van der Waals surface area contributed by atoms with Gasteiger partial charge in [0.05, 0.1) is 32.5 Å². The molecule has 0 atom stereocenters. The molecule has 236 valence electrons. The molecule has 3 heterocycles. The van der Waals surface area contributed by atoms with Crippen molar-refractivity contribution < 1.29 is 18.6 Å². The number of nitrogens with one attached hydrogen (secondary N) is 2. The van der Waals surface area contributed by atoms with Crippen molar-refractivity contribution in [2.24, 2.45) is 0 Å². The van der Waals surface area contributed by atoms with E-state index in [2.05, 4.69) is 76.7 Å². The van der Waals surface area contributed by atoms with Gasteiger partial charge < -0.3 is 39.1 Å². The predicted molar refractivity (Wildman–Crippen MR) is 173 cm³/mol. The lowest BCUT2D eigenvalue weighted by Gasteiger charge is -2.34. The van der Waals surface area contributed by atoms with Crippen molar-refractivity contribution in [3.63, 3.8) is 0 Å². The third kappa shape index (κ3) is 7.61. The average molecular weight is 605 g/mol. The first-order chi connectivity index (χ1) is 21.3. The number of hydrogen-bond donors (Lipinski definition) is 2. The molecule has 2 aromatic heterocycles. The molecule has 1 fully saturated rings. The minimum Gasteiger partial charge on any atom is -0.493 e. The minimum atomic E-state index is 0.247. The number of nitrogens with zero attached hydrogens (tertiary/aromatic N) is 6. The summed E-state index contributed by atoms with van der Waals surface area (Å²) in [5, 5.41) is 7.83. The van der Waals surface area contributed by atoms with Crippen LogP contribution in [0.25, 0.3) is 10.9 Å². The Kier molecular flexibility index (Phi) is 10.2. The van der Waals surface area contributed by atoms with E-state index in [0.29, 0.717) is 36.5 Å². The number of piperidine rings is 1. The number of oxazole rings is 1. The van der Waals surface area contributed by atoms with Gasteiger partial charge in [0.25, 0.3) is 0 Å². The minimum absolute atomic E-state index is 0.247. The second kappa shape index (κ2) is 14.5. The van der Waals surface area contributed by atoms with Crippen LogP contribution in [0.5, 0.6) is 17.2 Å². The first-order valence-electron chi connectivity index (χ1n) is 15.0. The summed E-state index contributed by atoms with van der Waals surface area (Å²) >= 11 is 0. The largest absolute Gasteiger partial charge is 0.493 e. The Labute approximate surface area is 259 Å². The summed E-state index contributed by atoms with van der Waals surface area (Å²) in [6.07, 6.45) is 5.11. The van der Waals surface area contributed by atoms with E-state index < -0.39 is 0 Å². The highest BCUT2D eigenvalue weighted by molar-refractivity contribution is 5.92. The van der Waals surface area contributed by atoms with E-state index in [1.807, 2.05) is 12.1 Å². The van der Waals surface area contributed by atoms with Gasteiger partial charge in [-0.05, 0) is 45.1 Å².